The molecule has 5 heterocycles. The number of halogens is 2. The first kappa shape index (κ1) is 28.9. The Kier molecular flexibility index (Phi) is 9.22. The minimum Gasteiger partial charge on any atom is -0.494 e. The van der Waals surface area contributed by atoms with Gasteiger partial charge in [0, 0.05) is 51.9 Å². The lowest BCUT2D eigenvalue weighted by atomic mass is 10.0. The maximum Gasteiger partial charge on any atom is 0.296 e. The van der Waals surface area contributed by atoms with Crippen molar-refractivity contribution in [3.8, 4) is 11.7 Å². The number of hydrogen-bond acceptors (Lipinski definition) is 11. The molecule has 0 spiro atoms. The third kappa shape index (κ3) is 6.26. The Labute approximate surface area is 244 Å². The van der Waals surface area contributed by atoms with E-state index in [1.165, 1.54) is 11.7 Å². The van der Waals surface area contributed by atoms with Crippen LogP contribution in [0, 0.1) is 0 Å². The topological polar surface area (TPSA) is 109 Å². The Morgan fingerprint density at radius 2 is 1.71 bits per heavy atom. The molecule has 3 fully saturated rings. The number of para-hydroxylation sites is 1. The molecule has 3 aromatic rings. The summed E-state index contributed by atoms with van der Waals surface area (Å²) in [5, 5.41) is 6.86. The van der Waals surface area contributed by atoms with Gasteiger partial charge in [-0.15, -0.1) is 0 Å². The van der Waals surface area contributed by atoms with E-state index in [-0.39, 0.29) is 12.0 Å². The number of alkyl halides is 2. The lowest BCUT2D eigenvalue weighted by molar-refractivity contribution is 0.122. The normalized spacial score (nSPS) is 19.1. The van der Waals surface area contributed by atoms with Crippen molar-refractivity contribution >= 4 is 22.9 Å². The highest BCUT2D eigenvalue weighted by molar-refractivity contribution is 5.84. The first-order valence-electron chi connectivity index (χ1n) is 15.0. The highest BCUT2D eigenvalue weighted by atomic mass is 19.3. The Hall–Kier alpha value is -3.20. The molecule has 0 atom stereocenters. The van der Waals surface area contributed by atoms with Crippen molar-refractivity contribution in [2.75, 3.05) is 95.6 Å². The molecule has 2 N–H and O–H groups in total. The van der Waals surface area contributed by atoms with E-state index in [0.717, 1.165) is 71.6 Å². The van der Waals surface area contributed by atoms with Crippen molar-refractivity contribution in [2.45, 2.75) is 31.7 Å². The number of piperidine rings is 1. The molecule has 2 aromatic heterocycles. The van der Waals surface area contributed by atoms with E-state index in [0.29, 0.717) is 55.0 Å². The van der Waals surface area contributed by atoms with Crippen LogP contribution in [0.2, 0.25) is 0 Å². The number of fused-ring (bicyclic) bond motifs is 1. The SMILES string of the molecule is COc1cccc2c1nc(C(F)F)n2-c1nc(N2CCOCC2)nc(N(CCCN2CCNCC2)C2CCNCC2)n1. The number of hydrogen-bond donors (Lipinski definition) is 2. The standard InChI is InChI=1S/C28H40F2N10O2/c1-41-22-5-2-4-21-23(22)33-25(24(29)30)40(21)28-35-26(38-16-18-42-19-17-38)34-27(36-28)39(20-6-8-31-9-7-20)13-3-12-37-14-10-32-11-15-37/h2,4-5,20,24,31-32H,3,6-19H2,1H3. The zero-order valence-corrected chi connectivity index (χ0v) is 24.1. The Morgan fingerprint density at radius 1 is 0.976 bits per heavy atom. The van der Waals surface area contributed by atoms with Crippen LogP contribution in [-0.2, 0) is 4.74 Å². The third-order valence-electron chi connectivity index (χ3n) is 8.27. The van der Waals surface area contributed by atoms with Crippen molar-refractivity contribution in [2.24, 2.45) is 0 Å². The molecule has 3 saturated heterocycles. The van der Waals surface area contributed by atoms with Gasteiger partial charge >= 0.3 is 0 Å². The number of aromatic nitrogens is 5. The second-order valence-electron chi connectivity index (χ2n) is 10.9. The molecule has 0 amide bonds. The lowest BCUT2D eigenvalue weighted by Gasteiger charge is -2.36. The van der Waals surface area contributed by atoms with Gasteiger partial charge in [-0.05, 0) is 51.0 Å². The molecule has 12 nitrogen and oxygen atoms in total. The van der Waals surface area contributed by atoms with E-state index in [1.807, 2.05) is 4.90 Å². The van der Waals surface area contributed by atoms with Crippen molar-refractivity contribution in [1.82, 2.24) is 40.0 Å². The van der Waals surface area contributed by atoms with Gasteiger partial charge < -0.3 is 34.8 Å². The number of morpholine rings is 1. The van der Waals surface area contributed by atoms with E-state index in [2.05, 4.69) is 25.4 Å². The average molecular weight is 587 g/mol. The van der Waals surface area contributed by atoms with Crippen LogP contribution in [-0.4, -0.2) is 121 Å². The second-order valence-corrected chi connectivity index (χ2v) is 10.9. The highest BCUT2D eigenvalue weighted by Gasteiger charge is 2.29. The van der Waals surface area contributed by atoms with Gasteiger partial charge in [0.1, 0.15) is 11.3 Å². The first-order valence-corrected chi connectivity index (χ1v) is 15.0. The largest absolute Gasteiger partial charge is 0.494 e. The molecule has 228 valence electrons. The van der Waals surface area contributed by atoms with E-state index in [4.69, 9.17) is 24.4 Å². The fourth-order valence-electron chi connectivity index (χ4n) is 6.05. The summed E-state index contributed by atoms with van der Waals surface area (Å²) >= 11 is 0. The van der Waals surface area contributed by atoms with E-state index in [1.54, 1.807) is 18.2 Å². The summed E-state index contributed by atoms with van der Waals surface area (Å²) in [5.74, 6) is 1.10. The molecule has 3 aliphatic heterocycles. The zero-order chi connectivity index (χ0) is 28.9. The van der Waals surface area contributed by atoms with E-state index < -0.39 is 12.2 Å². The minimum atomic E-state index is -2.84. The molecule has 1 aromatic carbocycles. The molecule has 6 rings (SSSR count). The number of methoxy groups -OCH3 is 1. The summed E-state index contributed by atoms with van der Waals surface area (Å²) in [6, 6.07) is 5.45. The molecule has 42 heavy (non-hydrogen) atoms. The summed E-state index contributed by atoms with van der Waals surface area (Å²) in [6.07, 6.45) is 0.0174. The summed E-state index contributed by atoms with van der Waals surface area (Å²) in [5.41, 5.74) is 0.804. The van der Waals surface area contributed by atoms with Crippen molar-refractivity contribution < 1.29 is 18.3 Å². The predicted octanol–water partition coefficient (Wildman–Crippen LogP) is 1.85. The number of anilines is 2. The number of rotatable bonds is 10. The molecule has 0 radical (unpaired) electrons. The van der Waals surface area contributed by atoms with Crippen molar-refractivity contribution in [1.29, 1.82) is 0 Å². The number of benzene rings is 1. The van der Waals surface area contributed by atoms with Gasteiger partial charge in [-0.25, -0.2) is 13.8 Å². The molecular weight excluding hydrogens is 546 g/mol. The summed E-state index contributed by atoms with van der Waals surface area (Å²) < 4.78 is 41.4. The molecular formula is C28H40F2N10O2. The predicted molar refractivity (Wildman–Crippen MR) is 156 cm³/mol. The highest BCUT2D eigenvalue weighted by Crippen LogP contribution is 2.33. The van der Waals surface area contributed by atoms with Crippen LogP contribution in [0.15, 0.2) is 18.2 Å². The van der Waals surface area contributed by atoms with Gasteiger partial charge in [0.2, 0.25) is 17.8 Å². The fourth-order valence-corrected chi connectivity index (χ4v) is 6.05. The quantitative estimate of drug-likeness (QED) is 0.363. The monoisotopic (exact) mass is 586 g/mol. The summed E-state index contributed by atoms with van der Waals surface area (Å²) in [7, 11) is 1.50. The molecule has 3 aliphatic rings. The van der Waals surface area contributed by atoms with Crippen molar-refractivity contribution in [3.05, 3.63) is 24.0 Å². The average Bonchev–Trinajstić information content (AvgIpc) is 3.45. The molecule has 14 heteroatoms. The maximum absolute atomic E-state index is 14.5. The lowest BCUT2D eigenvalue weighted by Crippen LogP contribution is -2.47. The number of nitrogens with zero attached hydrogens (tertiary/aromatic N) is 8. The van der Waals surface area contributed by atoms with Crippen LogP contribution in [0.3, 0.4) is 0 Å². The zero-order valence-electron chi connectivity index (χ0n) is 24.1. The second kappa shape index (κ2) is 13.4. The van der Waals surface area contributed by atoms with Crippen LogP contribution in [0.1, 0.15) is 31.5 Å². The Morgan fingerprint density at radius 3 is 2.45 bits per heavy atom. The van der Waals surface area contributed by atoms with Gasteiger partial charge in [-0.3, -0.25) is 4.57 Å². The molecule has 0 aliphatic carbocycles. The van der Waals surface area contributed by atoms with E-state index in [9.17, 15) is 8.78 Å². The molecule has 0 unspecified atom stereocenters. The number of imidazole rings is 1. The number of piperazine rings is 1. The third-order valence-corrected chi connectivity index (χ3v) is 8.27. The van der Waals surface area contributed by atoms with E-state index >= 15 is 0 Å². The van der Waals surface area contributed by atoms with Gasteiger partial charge in [-0.2, -0.15) is 15.0 Å². The van der Waals surface area contributed by atoms with Crippen LogP contribution in [0.5, 0.6) is 5.75 Å². The van der Waals surface area contributed by atoms with Crippen LogP contribution >= 0.6 is 0 Å². The fraction of sp³-hybridized carbons (Fsp3) is 0.643. The summed E-state index contributed by atoms with van der Waals surface area (Å²) in [4.78, 5) is 25.8. The van der Waals surface area contributed by atoms with Gasteiger partial charge in [0.15, 0.2) is 5.82 Å². The van der Waals surface area contributed by atoms with Gasteiger partial charge in [0.25, 0.3) is 6.43 Å². The smallest absolute Gasteiger partial charge is 0.296 e. The Bertz CT molecular complexity index is 1320. The minimum absolute atomic E-state index is 0.133. The number of ether oxygens (including phenoxy) is 2. The van der Waals surface area contributed by atoms with Gasteiger partial charge in [0.05, 0.1) is 25.8 Å². The van der Waals surface area contributed by atoms with Crippen LogP contribution < -0.4 is 25.2 Å². The summed E-state index contributed by atoms with van der Waals surface area (Å²) in [6.45, 7) is 9.98. The van der Waals surface area contributed by atoms with Crippen LogP contribution in [0.4, 0.5) is 20.7 Å². The van der Waals surface area contributed by atoms with Crippen molar-refractivity contribution in [3.63, 3.8) is 0 Å². The van der Waals surface area contributed by atoms with Crippen LogP contribution in [0.25, 0.3) is 17.0 Å². The molecule has 0 saturated carbocycles. The Balaban J connectivity index is 1.43. The first-order chi connectivity index (χ1) is 20.6. The maximum atomic E-state index is 14.5. The molecule has 0 bridgehead atoms. The van der Waals surface area contributed by atoms with Gasteiger partial charge in [-0.1, -0.05) is 6.07 Å². The number of nitrogens with one attached hydrogen (secondary N) is 2.